The average molecular weight is 461 g/mol. The predicted molar refractivity (Wildman–Crippen MR) is 124 cm³/mol. The third-order valence-corrected chi connectivity index (χ3v) is 7.55. The van der Waals surface area contributed by atoms with Gasteiger partial charge in [-0.2, -0.15) is 0 Å². The summed E-state index contributed by atoms with van der Waals surface area (Å²) in [5.41, 5.74) is 3.59. The molecule has 3 N–H and O–H groups in total. The molecule has 3 unspecified atom stereocenters. The second-order valence-corrected chi connectivity index (χ2v) is 9.78. The topological polar surface area (TPSA) is 99.8 Å². The maximum atomic E-state index is 13.1. The number of benzene rings is 2. The third kappa shape index (κ3) is 3.67. The number of carbonyl (C=O) groups is 3. The van der Waals surface area contributed by atoms with Crippen molar-refractivity contribution < 1.29 is 19.1 Å². The quantitative estimate of drug-likeness (QED) is 0.602. The zero-order chi connectivity index (χ0) is 23.3. The van der Waals surface area contributed by atoms with Crippen molar-refractivity contribution in [3.8, 4) is 5.75 Å². The lowest BCUT2D eigenvalue weighted by Crippen LogP contribution is -2.52. The Morgan fingerprint density at radius 2 is 2.03 bits per heavy atom. The van der Waals surface area contributed by atoms with Crippen molar-refractivity contribution >= 4 is 17.7 Å². The molecule has 2 fully saturated rings. The molecular formula is C26H28N4O4. The fourth-order valence-electron chi connectivity index (χ4n) is 5.74. The molecule has 1 spiro atoms. The Kier molecular flexibility index (Phi) is 5.15. The molecule has 8 heteroatoms. The summed E-state index contributed by atoms with van der Waals surface area (Å²) in [6, 6.07) is 13.8. The number of hydrogen-bond donors (Lipinski definition) is 3. The Hall–Kier alpha value is -3.23. The van der Waals surface area contributed by atoms with E-state index in [4.69, 9.17) is 4.74 Å². The van der Waals surface area contributed by atoms with E-state index in [9.17, 15) is 14.4 Å². The number of carbonyl (C=O) groups excluding carboxylic acids is 3. The minimum absolute atomic E-state index is 0.140. The van der Waals surface area contributed by atoms with E-state index in [1.54, 1.807) is 4.90 Å². The van der Waals surface area contributed by atoms with E-state index in [1.165, 1.54) is 5.56 Å². The Bertz CT molecular complexity index is 1170. The van der Waals surface area contributed by atoms with Gasteiger partial charge in [-0.05, 0) is 36.2 Å². The molecular weight excluding hydrogens is 432 g/mol. The fraction of sp³-hybridized carbons (Fsp3) is 0.423. The normalized spacial score (nSPS) is 28.0. The Labute approximate surface area is 198 Å². The van der Waals surface area contributed by atoms with Crippen LogP contribution in [0.1, 0.15) is 58.8 Å². The Morgan fingerprint density at radius 1 is 1.15 bits per heavy atom. The van der Waals surface area contributed by atoms with Crippen LogP contribution < -0.4 is 20.7 Å². The van der Waals surface area contributed by atoms with Gasteiger partial charge >= 0.3 is 0 Å². The molecule has 0 saturated carbocycles. The minimum atomic E-state index is -0.589. The van der Waals surface area contributed by atoms with Crippen molar-refractivity contribution in [2.24, 2.45) is 0 Å². The van der Waals surface area contributed by atoms with Crippen molar-refractivity contribution in [3.05, 3.63) is 64.7 Å². The van der Waals surface area contributed by atoms with E-state index in [2.05, 4.69) is 22.0 Å². The van der Waals surface area contributed by atoms with Crippen LogP contribution in [0.15, 0.2) is 42.5 Å². The molecule has 2 aromatic carbocycles. The van der Waals surface area contributed by atoms with Crippen LogP contribution in [-0.2, 0) is 22.7 Å². The number of rotatable bonds is 4. The monoisotopic (exact) mass is 460 g/mol. The highest BCUT2D eigenvalue weighted by atomic mass is 16.5. The highest BCUT2D eigenvalue weighted by Crippen LogP contribution is 2.42. The van der Waals surface area contributed by atoms with Gasteiger partial charge in [-0.3, -0.25) is 19.7 Å². The summed E-state index contributed by atoms with van der Waals surface area (Å²) in [4.78, 5) is 38.5. The maximum Gasteiger partial charge on any atom is 0.255 e. The summed E-state index contributed by atoms with van der Waals surface area (Å²) >= 11 is 0. The Balaban J connectivity index is 1.18. The number of hydrogen-bond acceptors (Lipinski definition) is 6. The van der Waals surface area contributed by atoms with Crippen LogP contribution in [0, 0.1) is 0 Å². The van der Waals surface area contributed by atoms with Crippen LogP contribution in [-0.4, -0.2) is 47.4 Å². The first-order chi connectivity index (χ1) is 16.5. The number of ether oxygens (including phenoxy) is 1. The van der Waals surface area contributed by atoms with E-state index in [0.717, 1.165) is 42.8 Å². The van der Waals surface area contributed by atoms with Crippen LogP contribution in [0.2, 0.25) is 0 Å². The van der Waals surface area contributed by atoms with E-state index >= 15 is 0 Å². The van der Waals surface area contributed by atoms with Gasteiger partial charge in [0.1, 0.15) is 17.4 Å². The van der Waals surface area contributed by atoms with E-state index in [0.29, 0.717) is 25.1 Å². The first-order valence-corrected chi connectivity index (χ1v) is 12.0. The average Bonchev–Trinajstić information content (AvgIpc) is 3.41. The number of nitrogens with zero attached hydrogens (tertiary/aromatic N) is 1. The molecule has 176 valence electrons. The van der Waals surface area contributed by atoms with E-state index in [-0.39, 0.29) is 35.8 Å². The molecule has 2 saturated heterocycles. The zero-order valence-electron chi connectivity index (χ0n) is 18.9. The maximum absolute atomic E-state index is 13.1. The first kappa shape index (κ1) is 21.3. The van der Waals surface area contributed by atoms with Gasteiger partial charge in [0.15, 0.2) is 0 Å². The van der Waals surface area contributed by atoms with Crippen LogP contribution in [0.5, 0.6) is 5.75 Å². The van der Waals surface area contributed by atoms with Crippen LogP contribution in [0.25, 0.3) is 0 Å². The molecule has 4 heterocycles. The van der Waals surface area contributed by atoms with Gasteiger partial charge in [0.25, 0.3) is 5.91 Å². The van der Waals surface area contributed by atoms with Crippen molar-refractivity contribution in [1.29, 1.82) is 0 Å². The highest BCUT2D eigenvalue weighted by Gasteiger charge is 2.43. The van der Waals surface area contributed by atoms with Gasteiger partial charge in [-0.1, -0.05) is 30.3 Å². The SMILES string of the molecule is O=C1CCC(N2Cc3ccc(CNC4CC5(CCNC5)Oc5ccccc54)cc3C2=O)C(=O)N1. The molecule has 3 atom stereocenters. The fourth-order valence-corrected chi connectivity index (χ4v) is 5.74. The van der Waals surface area contributed by atoms with Crippen molar-refractivity contribution in [2.45, 2.75) is 56.5 Å². The lowest BCUT2D eigenvalue weighted by atomic mass is 9.86. The minimum Gasteiger partial charge on any atom is -0.485 e. The molecule has 34 heavy (non-hydrogen) atoms. The van der Waals surface area contributed by atoms with Gasteiger partial charge in [-0.15, -0.1) is 0 Å². The molecule has 3 amide bonds. The highest BCUT2D eigenvalue weighted by molar-refractivity contribution is 6.05. The zero-order valence-corrected chi connectivity index (χ0v) is 18.9. The summed E-state index contributed by atoms with van der Waals surface area (Å²) in [6.07, 6.45) is 2.51. The van der Waals surface area contributed by atoms with Gasteiger partial charge in [0.2, 0.25) is 11.8 Å². The molecule has 0 aliphatic carbocycles. The summed E-state index contributed by atoms with van der Waals surface area (Å²) in [6.45, 7) is 2.84. The van der Waals surface area contributed by atoms with Crippen molar-refractivity contribution in [1.82, 2.24) is 20.9 Å². The molecule has 4 aliphatic rings. The van der Waals surface area contributed by atoms with Gasteiger partial charge in [-0.25, -0.2) is 0 Å². The summed E-state index contributed by atoms with van der Waals surface area (Å²) in [5.74, 6) is 0.147. The second-order valence-electron chi connectivity index (χ2n) is 9.78. The number of amides is 3. The number of nitrogens with one attached hydrogen (secondary N) is 3. The summed E-state index contributed by atoms with van der Waals surface area (Å²) < 4.78 is 6.42. The van der Waals surface area contributed by atoms with Gasteiger partial charge < -0.3 is 20.3 Å². The third-order valence-electron chi connectivity index (χ3n) is 7.55. The standard InChI is InChI=1S/C26H28N4O4/c31-23-8-7-21(24(32)29-23)30-14-17-6-5-16(11-19(17)25(30)33)13-28-20-12-26(9-10-27-15-26)34-22-4-2-1-3-18(20)22/h1-6,11,20-21,27-28H,7-10,12-15H2,(H,29,31,32). The lowest BCUT2D eigenvalue weighted by molar-refractivity contribution is -0.136. The van der Waals surface area contributed by atoms with E-state index < -0.39 is 6.04 Å². The largest absolute Gasteiger partial charge is 0.485 e. The van der Waals surface area contributed by atoms with Crippen LogP contribution >= 0.6 is 0 Å². The summed E-state index contributed by atoms with van der Waals surface area (Å²) in [5, 5.41) is 9.49. The molecule has 0 aromatic heterocycles. The molecule has 8 nitrogen and oxygen atoms in total. The van der Waals surface area contributed by atoms with E-state index in [1.807, 2.05) is 36.4 Å². The van der Waals surface area contributed by atoms with Crippen LogP contribution in [0.4, 0.5) is 0 Å². The molecule has 0 bridgehead atoms. The van der Waals surface area contributed by atoms with Crippen molar-refractivity contribution in [3.63, 3.8) is 0 Å². The number of piperidine rings is 1. The summed E-state index contributed by atoms with van der Waals surface area (Å²) in [7, 11) is 0. The van der Waals surface area contributed by atoms with Gasteiger partial charge in [0, 0.05) is 56.1 Å². The number of imide groups is 1. The van der Waals surface area contributed by atoms with Crippen LogP contribution in [0.3, 0.4) is 0 Å². The Morgan fingerprint density at radius 3 is 2.85 bits per heavy atom. The molecule has 6 rings (SSSR count). The smallest absolute Gasteiger partial charge is 0.255 e. The lowest BCUT2D eigenvalue weighted by Gasteiger charge is -2.40. The van der Waals surface area contributed by atoms with Gasteiger partial charge in [0.05, 0.1) is 0 Å². The molecule has 0 radical (unpaired) electrons. The predicted octanol–water partition coefficient (Wildman–Crippen LogP) is 1.79. The molecule has 2 aromatic rings. The van der Waals surface area contributed by atoms with Crippen molar-refractivity contribution in [2.75, 3.05) is 13.1 Å². The second kappa shape index (κ2) is 8.21. The first-order valence-electron chi connectivity index (χ1n) is 12.0. The number of para-hydroxylation sites is 1. The molecule has 4 aliphatic heterocycles. The number of fused-ring (bicyclic) bond motifs is 2.